The van der Waals surface area contributed by atoms with Crippen molar-refractivity contribution in [3.8, 4) is 0 Å². The maximum absolute atomic E-state index is 11.0. The number of hydrogen-bond donors (Lipinski definition) is 3. The minimum Gasteiger partial charge on any atom is -0.515 e. The number of nitrogens with zero attached hydrogens (tertiary/aromatic N) is 3. The molecule has 0 saturated carbocycles. The van der Waals surface area contributed by atoms with Gasteiger partial charge in [-0.3, -0.25) is 4.99 Å². The van der Waals surface area contributed by atoms with Gasteiger partial charge in [0.15, 0.2) is 0 Å². The van der Waals surface area contributed by atoms with Gasteiger partial charge in [0.1, 0.15) is 0 Å². The van der Waals surface area contributed by atoms with Crippen LogP contribution >= 0.6 is 0 Å². The second-order valence-corrected chi connectivity index (χ2v) is 19.7. The van der Waals surface area contributed by atoms with Gasteiger partial charge in [-0.2, -0.15) is 0 Å². The van der Waals surface area contributed by atoms with Gasteiger partial charge >= 0.3 is 0 Å². The number of aliphatic hydroxyl groups excluding tert-OH is 2. The summed E-state index contributed by atoms with van der Waals surface area (Å²) in [4.78, 5) is 19.5. The Bertz CT molecular complexity index is 2350. The van der Waals surface area contributed by atoms with Gasteiger partial charge in [-0.25, -0.2) is 9.98 Å². The Balaban J connectivity index is 1.52. The SMILES string of the molecule is CC(C)(C)c1cc(C2=C3CCC(=N3)/C(=C\O)c3ccc([nH]3)C(c3cc(C(C)(C)C)cc(C(C)(C)C)c3)=C3C=CC(=N3)C(CO)=C3C=CC2=N3)cc(C(C)(C)C)c1. The Labute approximate surface area is 333 Å². The molecule has 3 N–H and O–H groups in total. The highest BCUT2D eigenvalue weighted by molar-refractivity contribution is 6.33. The van der Waals surface area contributed by atoms with Gasteiger partial charge in [-0.05, 0) is 104 Å². The van der Waals surface area contributed by atoms with Gasteiger partial charge in [0, 0.05) is 22.4 Å². The van der Waals surface area contributed by atoms with Crippen LogP contribution in [0.15, 0.2) is 117 Å². The molecule has 0 saturated heterocycles. The standard InChI is InChI=1S/C50H58N4O2/c1-47(2,3)31-21-29(22-32(25-31)48(4,5)6)45-41-17-13-37(51-41)35(27-55)39-15-19-43(53-39)46(30-23-33(49(7,8)9)26-34(24-30)50(10,11)12)44-20-16-40(54-44)36(28-56)38-14-18-42(45)52-38/h13-15,17-19,21-26,28,52,55-56H,16,20,27H2,1-12H3/b36-28-,39-35?,45-41?,46-44?. The molecule has 1 aromatic heterocycles. The van der Waals surface area contributed by atoms with Gasteiger partial charge in [-0.1, -0.05) is 119 Å². The summed E-state index contributed by atoms with van der Waals surface area (Å²) < 4.78 is 0. The fraction of sp³-hybridized carbons (Fsp3) is 0.380. The van der Waals surface area contributed by atoms with Crippen molar-refractivity contribution in [3.05, 3.63) is 147 Å². The van der Waals surface area contributed by atoms with E-state index in [-0.39, 0.29) is 28.3 Å². The average Bonchev–Trinajstić information content (AvgIpc) is 3.94. The maximum atomic E-state index is 11.0. The molecule has 290 valence electrons. The summed E-state index contributed by atoms with van der Waals surface area (Å²) in [6.45, 7) is 26.8. The van der Waals surface area contributed by atoms with Crippen LogP contribution in [0, 0.1) is 0 Å². The fourth-order valence-electron chi connectivity index (χ4n) is 7.70. The molecule has 4 aliphatic heterocycles. The summed E-state index contributed by atoms with van der Waals surface area (Å²) in [5.41, 5.74) is 16.4. The first-order valence-corrected chi connectivity index (χ1v) is 20.0. The topological polar surface area (TPSA) is 93.3 Å². The Hall–Kier alpha value is -5.07. The predicted octanol–water partition coefficient (Wildman–Crippen LogP) is 11.8. The molecule has 0 fully saturated rings. The second kappa shape index (κ2) is 13.8. The lowest BCUT2D eigenvalue weighted by Crippen LogP contribution is -2.17. The first kappa shape index (κ1) is 39.2. The molecule has 5 heterocycles. The van der Waals surface area contributed by atoms with E-state index in [4.69, 9.17) is 15.0 Å². The van der Waals surface area contributed by atoms with Crippen LogP contribution in [0.1, 0.15) is 141 Å². The lowest BCUT2D eigenvalue weighted by molar-refractivity contribution is 0.336. The number of nitrogens with one attached hydrogen (secondary N) is 1. The Morgan fingerprint density at radius 2 is 1.05 bits per heavy atom. The van der Waals surface area contributed by atoms with Crippen LogP contribution in [-0.2, 0) is 21.7 Å². The monoisotopic (exact) mass is 746 g/mol. The summed E-state index contributed by atoms with van der Waals surface area (Å²) in [6, 6.07) is 17.9. The summed E-state index contributed by atoms with van der Waals surface area (Å²) in [5, 5.41) is 21.8. The lowest BCUT2D eigenvalue weighted by Gasteiger charge is -2.27. The highest BCUT2D eigenvalue weighted by Crippen LogP contribution is 2.41. The molecular formula is C50H58N4O2. The summed E-state index contributed by atoms with van der Waals surface area (Å²) in [6.07, 6.45) is 10.6. The molecule has 3 aromatic rings. The van der Waals surface area contributed by atoms with Crippen LogP contribution in [0.5, 0.6) is 0 Å². The van der Waals surface area contributed by atoms with Gasteiger partial charge in [0.25, 0.3) is 0 Å². The van der Waals surface area contributed by atoms with E-state index in [9.17, 15) is 10.2 Å². The molecular weight excluding hydrogens is 689 g/mol. The van der Waals surface area contributed by atoms with Crippen LogP contribution in [0.25, 0.3) is 16.7 Å². The summed E-state index contributed by atoms with van der Waals surface area (Å²) >= 11 is 0. The highest BCUT2D eigenvalue weighted by Gasteiger charge is 2.30. The van der Waals surface area contributed by atoms with E-state index in [1.54, 1.807) is 0 Å². The van der Waals surface area contributed by atoms with Crippen molar-refractivity contribution in [1.82, 2.24) is 4.98 Å². The number of hydrogen-bond acceptors (Lipinski definition) is 5. The number of H-pyrrole nitrogens is 1. The zero-order chi connectivity index (χ0) is 40.5. The smallest absolute Gasteiger partial charge is 0.0903 e. The van der Waals surface area contributed by atoms with Gasteiger partial charge in [0.2, 0.25) is 0 Å². The number of allylic oxidation sites excluding steroid dienone is 7. The van der Waals surface area contributed by atoms with Crippen LogP contribution in [0.3, 0.4) is 0 Å². The molecule has 2 aromatic carbocycles. The first-order chi connectivity index (χ1) is 26.1. The quantitative estimate of drug-likeness (QED) is 0.233. The van der Waals surface area contributed by atoms with Crippen molar-refractivity contribution in [2.24, 2.45) is 15.0 Å². The Morgan fingerprint density at radius 1 is 0.571 bits per heavy atom. The van der Waals surface area contributed by atoms with Gasteiger partial charge in [-0.15, -0.1) is 0 Å². The molecule has 8 bridgehead atoms. The first-order valence-electron chi connectivity index (χ1n) is 20.0. The summed E-state index contributed by atoms with van der Waals surface area (Å²) in [5.74, 6) is 0. The normalized spacial score (nSPS) is 18.4. The van der Waals surface area contributed by atoms with Gasteiger partial charge < -0.3 is 15.2 Å². The third-order valence-electron chi connectivity index (χ3n) is 11.3. The van der Waals surface area contributed by atoms with Gasteiger partial charge in [0.05, 0.1) is 58.4 Å². The minimum atomic E-state index is -0.213. The van der Waals surface area contributed by atoms with E-state index >= 15 is 0 Å². The van der Waals surface area contributed by atoms with E-state index < -0.39 is 0 Å². The van der Waals surface area contributed by atoms with Crippen LogP contribution in [0.2, 0.25) is 0 Å². The summed E-state index contributed by atoms with van der Waals surface area (Å²) in [7, 11) is 0. The van der Waals surface area contributed by atoms with Crippen molar-refractivity contribution >= 4 is 33.9 Å². The molecule has 0 amide bonds. The Kier molecular flexibility index (Phi) is 9.68. The van der Waals surface area contributed by atoms with E-state index in [1.165, 1.54) is 28.5 Å². The van der Waals surface area contributed by atoms with Crippen molar-refractivity contribution in [3.63, 3.8) is 0 Å². The molecule has 4 aliphatic rings. The van der Waals surface area contributed by atoms with E-state index in [0.29, 0.717) is 35.4 Å². The van der Waals surface area contributed by atoms with Crippen molar-refractivity contribution < 1.29 is 10.2 Å². The molecule has 0 aliphatic carbocycles. The predicted molar refractivity (Wildman–Crippen MR) is 236 cm³/mol. The largest absolute Gasteiger partial charge is 0.515 e. The van der Waals surface area contributed by atoms with Crippen molar-refractivity contribution in [1.29, 1.82) is 0 Å². The molecule has 6 heteroatoms. The number of aliphatic imine (C=N–C) groups is 3. The zero-order valence-corrected chi connectivity index (χ0v) is 35.4. The number of benzene rings is 2. The number of aromatic nitrogens is 1. The number of fused-ring (bicyclic) bond motifs is 5. The second-order valence-electron chi connectivity index (χ2n) is 19.7. The molecule has 0 radical (unpaired) electrons. The zero-order valence-electron chi connectivity index (χ0n) is 35.4. The van der Waals surface area contributed by atoms with Crippen molar-refractivity contribution in [2.75, 3.05) is 6.61 Å². The van der Waals surface area contributed by atoms with E-state index in [0.717, 1.165) is 56.5 Å². The third-order valence-corrected chi connectivity index (χ3v) is 11.3. The number of rotatable bonds is 3. The van der Waals surface area contributed by atoms with E-state index in [1.807, 2.05) is 30.4 Å². The average molecular weight is 747 g/mol. The highest BCUT2D eigenvalue weighted by atomic mass is 16.3. The Morgan fingerprint density at radius 3 is 1.57 bits per heavy atom. The maximum Gasteiger partial charge on any atom is 0.0903 e. The van der Waals surface area contributed by atoms with E-state index in [2.05, 4.69) is 131 Å². The lowest BCUT2D eigenvalue weighted by atomic mass is 9.78. The number of aromatic amines is 1. The van der Waals surface area contributed by atoms with Crippen LogP contribution < -0.4 is 0 Å². The molecule has 0 unspecified atom stereocenters. The molecule has 6 nitrogen and oxygen atoms in total. The minimum absolute atomic E-state index is 0.0797. The number of aliphatic hydroxyl groups is 2. The third kappa shape index (κ3) is 7.44. The molecule has 0 atom stereocenters. The molecule has 7 rings (SSSR count). The van der Waals surface area contributed by atoms with Crippen LogP contribution in [0.4, 0.5) is 0 Å². The molecule has 0 spiro atoms. The molecule has 56 heavy (non-hydrogen) atoms. The van der Waals surface area contributed by atoms with Crippen molar-refractivity contribution in [2.45, 2.75) is 118 Å². The fourth-order valence-corrected chi connectivity index (χ4v) is 7.70. The van der Waals surface area contributed by atoms with Crippen LogP contribution in [-0.4, -0.2) is 38.9 Å².